The number of methoxy groups -OCH3 is 1. The van der Waals surface area contributed by atoms with Crippen molar-refractivity contribution in [2.45, 2.75) is 45.4 Å². The first-order valence-electron chi connectivity index (χ1n) is 11.2. The Hall–Kier alpha value is -2.76. The second-order valence-electron chi connectivity index (χ2n) is 9.49. The van der Waals surface area contributed by atoms with Crippen molar-refractivity contribution in [1.82, 2.24) is 24.5 Å². The summed E-state index contributed by atoms with van der Waals surface area (Å²) in [5, 5.41) is 9.70. The lowest BCUT2D eigenvalue weighted by Crippen LogP contribution is -2.44. The van der Waals surface area contributed by atoms with Crippen LogP contribution in [0.4, 0.5) is 5.82 Å². The van der Waals surface area contributed by atoms with E-state index in [1.807, 2.05) is 12.3 Å². The number of ether oxygens (including phenoxy) is 3. The first-order valence-corrected chi connectivity index (χ1v) is 14.9. The summed E-state index contributed by atoms with van der Waals surface area (Å²) in [4.78, 5) is 19.5. The van der Waals surface area contributed by atoms with Gasteiger partial charge in [0.25, 0.3) is 0 Å². The quantitative estimate of drug-likeness (QED) is 0.280. The molecule has 0 spiro atoms. The molecule has 3 aromatic heterocycles. The SMILES string of the molecule is COC(=O)c1cc(N2CCOC[C@H]2C)nc2c1cnn2-c1ccn(COCC[Si](C)(C)C)n1. The van der Waals surface area contributed by atoms with Gasteiger partial charge in [-0.2, -0.15) is 14.9 Å². The molecule has 1 atom stereocenters. The van der Waals surface area contributed by atoms with Crippen LogP contribution in [0.3, 0.4) is 0 Å². The molecule has 4 heterocycles. The van der Waals surface area contributed by atoms with Crippen LogP contribution < -0.4 is 4.90 Å². The van der Waals surface area contributed by atoms with E-state index in [-0.39, 0.29) is 6.04 Å². The van der Waals surface area contributed by atoms with Gasteiger partial charge in [0.1, 0.15) is 12.5 Å². The zero-order chi connectivity index (χ0) is 23.6. The number of nitrogens with zero attached hydrogens (tertiary/aromatic N) is 6. The Morgan fingerprint density at radius 3 is 2.85 bits per heavy atom. The van der Waals surface area contributed by atoms with E-state index in [1.165, 1.54) is 7.11 Å². The van der Waals surface area contributed by atoms with E-state index in [1.54, 1.807) is 21.6 Å². The molecule has 178 valence electrons. The van der Waals surface area contributed by atoms with Gasteiger partial charge in [0.2, 0.25) is 0 Å². The van der Waals surface area contributed by atoms with Gasteiger partial charge in [-0.05, 0) is 19.0 Å². The average Bonchev–Trinajstić information content (AvgIpc) is 3.42. The van der Waals surface area contributed by atoms with Crippen molar-refractivity contribution in [2.75, 3.05) is 38.4 Å². The van der Waals surface area contributed by atoms with Crippen LogP contribution in [0.5, 0.6) is 0 Å². The number of pyridine rings is 1. The van der Waals surface area contributed by atoms with E-state index in [0.29, 0.717) is 54.7 Å². The van der Waals surface area contributed by atoms with E-state index in [0.717, 1.165) is 12.7 Å². The first kappa shape index (κ1) is 23.4. The van der Waals surface area contributed by atoms with Gasteiger partial charge in [-0.25, -0.2) is 14.5 Å². The Morgan fingerprint density at radius 1 is 1.30 bits per heavy atom. The van der Waals surface area contributed by atoms with Gasteiger partial charge < -0.3 is 19.1 Å². The molecule has 0 aliphatic carbocycles. The lowest BCUT2D eigenvalue weighted by molar-refractivity contribution is 0.0603. The summed E-state index contributed by atoms with van der Waals surface area (Å²) in [5.74, 6) is 0.870. The highest BCUT2D eigenvalue weighted by Crippen LogP contribution is 2.27. The van der Waals surface area contributed by atoms with E-state index in [9.17, 15) is 4.79 Å². The van der Waals surface area contributed by atoms with Gasteiger partial charge in [-0.1, -0.05) is 19.6 Å². The molecule has 0 bridgehead atoms. The minimum atomic E-state index is -1.13. The number of rotatable bonds is 8. The molecular weight excluding hydrogens is 440 g/mol. The second-order valence-corrected chi connectivity index (χ2v) is 15.1. The monoisotopic (exact) mass is 472 g/mol. The maximum atomic E-state index is 12.5. The number of hydrogen-bond acceptors (Lipinski definition) is 8. The predicted molar refractivity (Wildman–Crippen MR) is 128 cm³/mol. The summed E-state index contributed by atoms with van der Waals surface area (Å²) in [6, 6.07) is 4.87. The summed E-state index contributed by atoms with van der Waals surface area (Å²) < 4.78 is 19.8. The first-order chi connectivity index (χ1) is 15.8. The van der Waals surface area contributed by atoms with Crippen LogP contribution in [0.2, 0.25) is 25.7 Å². The van der Waals surface area contributed by atoms with Gasteiger partial charge in [0.15, 0.2) is 11.5 Å². The van der Waals surface area contributed by atoms with Crippen molar-refractivity contribution in [2.24, 2.45) is 0 Å². The number of hydrogen-bond donors (Lipinski definition) is 0. The molecule has 0 aromatic carbocycles. The van der Waals surface area contributed by atoms with Crippen molar-refractivity contribution < 1.29 is 19.0 Å². The fourth-order valence-electron chi connectivity index (χ4n) is 3.72. The number of morpholine rings is 1. The lowest BCUT2D eigenvalue weighted by Gasteiger charge is -2.34. The van der Waals surface area contributed by atoms with E-state index in [4.69, 9.17) is 19.2 Å². The van der Waals surface area contributed by atoms with Crippen molar-refractivity contribution >= 4 is 30.9 Å². The van der Waals surface area contributed by atoms with Crippen LogP contribution in [-0.4, -0.2) is 78.1 Å². The third-order valence-corrected chi connectivity index (χ3v) is 7.36. The smallest absolute Gasteiger partial charge is 0.338 e. The molecule has 0 N–H and O–H groups in total. The zero-order valence-electron chi connectivity index (χ0n) is 19.9. The molecule has 10 nitrogen and oxygen atoms in total. The van der Waals surface area contributed by atoms with Crippen LogP contribution in [-0.2, 0) is 20.9 Å². The Bertz CT molecular complexity index is 1120. The van der Waals surface area contributed by atoms with Crippen LogP contribution in [0.25, 0.3) is 16.9 Å². The highest BCUT2D eigenvalue weighted by molar-refractivity contribution is 6.76. The Kier molecular flexibility index (Phi) is 6.82. The zero-order valence-corrected chi connectivity index (χ0v) is 20.9. The fourth-order valence-corrected chi connectivity index (χ4v) is 4.48. The van der Waals surface area contributed by atoms with Gasteiger partial charge in [-0.3, -0.25) is 0 Å². The normalized spacial score (nSPS) is 17.0. The number of esters is 1. The molecule has 1 saturated heterocycles. The largest absolute Gasteiger partial charge is 0.465 e. The van der Waals surface area contributed by atoms with Crippen molar-refractivity contribution in [1.29, 1.82) is 0 Å². The average molecular weight is 473 g/mol. The Balaban J connectivity index is 1.64. The molecule has 0 radical (unpaired) electrons. The molecule has 0 saturated carbocycles. The number of carbonyl (C=O) groups excluding carboxylic acids is 1. The molecule has 1 aliphatic heterocycles. The van der Waals surface area contributed by atoms with Gasteiger partial charge >= 0.3 is 5.97 Å². The second kappa shape index (κ2) is 9.62. The molecule has 4 rings (SSSR count). The summed E-state index contributed by atoms with van der Waals surface area (Å²) in [5.41, 5.74) is 0.980. The highest BCUT2D eigenvalue weighted by Gasteiger charge is 2.25. The van der Waals surface area contributed by atoms with Crippen molar-refractivity contribution in [3.05, 3.63) is 30.1 Å². The third kappa shape index (κ3) is 5.26. The topological polar surface area (TPSA) is 96.5 Å². The Morgan fingerprint density at radius 2 is 2.12 bits per heavy atom. The standard InChI is InChI=1S/C22H32N6O4Si/c1-16-14-31-9-8-27(16)20-12-17(22(29)30-2)18-13-23-28(21(18)24-20)19-6-7-26(25-19)15-32-10-11-33(3,4)5/h6-7,12-13,16H,8-11,14-15H2,1-5H3/t16-/m1/s1. The molecule has 1 fully saturated rings. The van der Waals surface area contributed by atoms with Crippen LogP contribution >= 0.6 is 0 Å². The maximum absolute atomic E-state index is 12.5. The third-order valence-electron chi connectivity index (χ3n) is 5.66. The van der Waals surface area contributed by atoms with Gasteiger partial charge in [0, 0.05) is 33.5 Å². The van der Waals surface area contributed by atoms with E-state index >= 15 is 0 Å². The number of anilines is 1. The molecule has 33 heavy (non-hydrogen) atoms. The lowest BCUT2D eigenvalue weighted by atomic mass is 10.1. The number of carbonyl (C=O) groups is 1. The highest BCUT2D eigenvalue weighted by atomic mass is 28.3. The number of aromatic nitrogens is 5. The Labute approximate surface area is 194 Å². The van der Waals surface area contributed by atoms with Crippen molar-refractivity contribution in [3.63, 3.8) is 0 Å². The minimum absolute atomic E-state index is 0.137. The summed E-state index contributed by atoms with van der Waals surface area (Å²) in [7, 11) is 0.241. The van der Waals surface area contributed by atoms with Gasteiger partial charge in [-0.15, -0.1) is 0 Å². The van der Waals surface area contributed by atoms with Gasteiger partial charge in [0.05, 0.1) is 43.5 Å². The fraction of sp³-hybridized carbons (Fsp3) is 0.545. The minimum Gasteiger partial charge on any atom is -0.465 e. The molecule has 0 amide bonds. The van der Waals surface area contributed by atoms with E-state index in [2.05, 4.69) is 41.7 Å². The van der Waals surface area contributed by atoms with Crippen LogP contribution in [0, 0.1) is 0 Å². The van der Waals surface area contributed by atoms with Crippen LogP contribution in [0.15, 0.2) is 24.5 Å². The molecular formula is C22H32N6O4Si. The van der Waals surface area contributed by atoms with Crippen molar-refractivity contribution in [3.8, 4) is 5.82 Å². The summed E-state index contributed by atoms with van der Waals surface area (Å²) in [6.07, 6.45) is 3.48. The molecule has 3 aromatic rings. The molecule has 1 aliphatic rings. The van der Waals surface area contributed by atoms with Crippen LogP contribution in [0.1, 0.15) is 17.3 Å². The number of fused-ring (bicyclic) bond motifs is 1. The maximum Gasteiger partial charge on any atom is 0.338 e. The molecule has 0 unspecified atom stereocenters. The molecule has 11 heteroatoms. The summed E-state index contributed by atoms with van der Waals surface area (Å²) in [6.45, 7) is 12.1. The van der Waals surface area contributed by atoms with E-state index < -0.39 is 14.0 Å². The summed E-state index contributed by atoms with van der Waals surface area (Å²) >= 11 is 0. The predicted octanol–water partition coefficient (Wildman–Crippen LogP) is 2.94.